The fourth-order valence-corrected chi connectivity index (χ4v) is 2.54. The predicted molar refractivity (Wildman–Crippen MR) is 63.7 cm³/mol. The SMILES string of the molecule is COCC1(C)CC(c2ccccc2O)CN1. The van der Waals surface area contributed by atoms with Gasteiger partial charge in [-0.25, -0.2) is 0 Å². The highest BCUT2D eigenvalue weighted by Crippen LogP contribution is 2.35. The molecule has 3 heteroatoms. The van der Waals surface area contributed by atoms with E-state index >= 15 is 0 Å². The maximum Gasteiger partial charge on any atom is 0.119 e. The Bertz CT molecular complexity index is 367. The minimum absolute atomic E-state index is 0.0295. The van der Waals surface area contributed by atoms with Crippen LogP contribution in [0.15, 0.2) is 24.3 Å². The van der Waals surface area contributed by atoms with Crippen molar-refractivity contribution < 1.29 is 9.84 Å². The first-order chi connectivity index (χ1) is 7.64. The maximum absolute atomic E-state index is 9.81. The molecule has 1 heterocycles. The van der Waals surface area contributed by atoms with Crippen LogP contribution in [0.3, 0.4) is 0 Å². The third kappa shape index (κ3) is 2.20. The molecule has 88 valence electrons. The molecule has 2 rings (SSSR count). The first kappa shape index (κ1) is 11.4. The molecule has 1 aromatic rings. The molecule has 1 fully saturated rings. The van der Waals surface area contributed by atoms with E-state index in [1.807, 2.05) is 18.2 Å². The molecule has 0 spiro atoms. The Balaban J connectivity index is 2.12. The highest BCUT2D eigenvalue weighted by molar-refractivity contribution is 5.36. The number of hydrogen-bond donors (Lipinski definition) is 2. The van der Waals surface area contributed by atoms with Crippen molar-refractivity contribution in [3.05, 3.63) is 29.8 Å². The van der Waals surface area contributed by atoms with Crippen molar-refractivity contribution in [1.82, 2.24) is 5.32 Å². The Kier molecular flexibility index (Phi) is 3.17. The van der Waals surface area contributed by atoms with Crippen LogP contribution in [-0.2, 0) is 4.74 Å². The van der Waals surface area contributed by atoms with Crippen LogP contribution in [0.1, 0.15) is 24.8 Å². The molecular formula is C13H19NO2. The molecule has 2 unspecified atom stereocenters. The van der Waals surface area contributed by atoms with Gasteiger partial charge in [-0.3, -0.25) is 0 Å². The minimum atomic E-state index is 0.0295. The smallest absolute Gasteiger partial charge is 0.119 e. The van der Waals surface area contributed by atoms with Crippen molar-refractivity contribution in [2.75, 3.05) is 20.3 Å². The monoisotopic (exact) mass is 221 g/mol. The van der Waals surface area contributed by atoms with E-state index in [9.17, 15) is 5.11 Å². The number of ether oxygens (including phenoxy) is 1. The lowest BCUT2D eigenvalue weighted by molar-refractivity contribution is 0.129. The topological polar surface area (TPSA) is 41.5 Å². The molecule has 1 aliphatic heterocycles. The van der Waals surface area contributed by atoms with E-state index in [0.717, 1.165) is 18.5 Å². The van der Waals surface area contributed by atoms with Crippen LogP contribution in [0.25, 0.3) is 0 Å². The van der Waals surface area contributed by atoms with Crippen LogP contribution < -0.4 is 5.32 Å². The van der Waals surface area contributed by atoms with Gasteiger partial charge >= 0.3 is 0 Å². The van der Waals surface area contributed by atoms with Crippen LogP contribution in [0, 0.1) is 0 Å². The summed E-state index contributed by atoms with van der Waals surface area (Å²) in [7, 11) is 1.72. The molecule has 1 aliphatic rings. The van der Waals surface area contributed by atoms with Crippen molar-refractivity contribution in [1.29, 1.82) is 0 Å². The number of rotatable bonds is 3. The van der Waals surface area contributed by atoms with Crippen LogP contribution in [0.5, 0.6) is 5.75 Å². The van der Waals surface area contributed by atoms with E-state index < -0.39 is 0 Å². The zero-order valence-electron chi connectivity index (χ0n) is 9.86. The number of aromatic hydroxyl groups is 1. The molecule has 16 heavy (non-hydrogen) atoms. The summed E-state index contributed by atoms with van der Waals surface area (Å²) in [5.74, 6) is 0.775. The molecule has 0 saturated carbocycles. The van der Waals surface area contributed by atoms with Gasteiger partial charge in [0.15, 0.2) is 0 Å². The van der Waals surface area contributed by atoms with Gasteiger partial charge in [0.25, 0.3) is 0 Å². The lowest BCUT2D eigenvalue weighted by Crippen LogP contribution is -2.40. The first-order valence-electron chi connectivity index (χ1n) is 5.66. The summed E-state index contributed by atoms with van der Waals surface area (Å²) < 4.78 is 5.22. The fraction of sp³-hybridized carbons (Fsp3) is 0.538. The van der Waals surface area contributed by atoms with Gasteiger partial charge in [-0.15, -0.1) is 0 Å². The van der Waals surface area contributed by atoms with E-state index in [-0.39, 0.29) is 5.54 Å². The van der Waals surface area contributed by atoms with Crippen LogP contribution >= 0.6 is 0 Å². The van der Waals surface area contributed by atoms with Gasteiger partial charge in [0.1, 0.15) is 5.75 Å². The van der Waals surface area contributed by atoms with Crippen LogP contribution in [-0.4, -0.2) is 30.9 Å². The Morgan fingerprint density at radius 1 is 1.50 bits per heavy atom. The van der Waals surface area contributed by atoms with Crippen molar-refractivity contribution in [2.24, 2.45) is 0 Å². The Morgan fingerprint density at radius 2 is 2.25 bits per heavy atom. The van der Waals surface area contributed by atoms with E-state index in [0.29, 0.717) is 18.3 Å². The van der Waals surface area contributed by atoms with Crippen molar-refractivity contribution in [3.8, 4) is 5.75 Å². The highest BCUT2D eigenvalue weighted by Gasteiger charge is 2.35. The third-order valence-electron chi connectivity index (χ3n) is 3.31. The average molecular weight is 221 g/mol. The summed E-state index contributed by atoms with van der Waals surface area (Å²) in [6.45, 7) is 3.77. The summed E-state index contributed by atoms with van der Waals surface area (Å²) in [5, 5.41) is 13.3. The number of methoxy groups -OCH3 is 1. The number of nitrogens with one attached hydrogen (secondary N) is 1. The van der Waals surface area contributed by atoms with Gasteiger partial charge in [0.05, 0.1) is 6.61 Å². The second-order valence-electron chi connectivity index (χ2n) is 4.83. The average Bonchev–Trinajstić information content (AvgIpc) is 2.62. The van der Waals surface area contributed by atoms with Crippen LogP contribution in [0.4, 0.5) is 0 Å². The molecule has 0 aliphatic carbocycles. The van der Waals surface area contributed by atoms with E-state index in [1.54, 1.807) is 13.2 Å². The van der Waals surface area contributed by atoms with Crippen molar-refractivity contribution >= 4 is 0 Å². The summed E-state index contributed by atoms with van der Waals surface area (Å²) in [6, 6.07) is 7.58. The Hall–Kier alpha value is -1.06. The molecule has 3 nitrogen and oxygen atoms in total. The second kappa shape index (κ2) is 4.44. The Labute approximate surface area is 96.4 Å². The number of benzene rings is 1. The van der Waals surface area contributed by atoms with Crippen molar-refractivity contribution in [3.63, 3.8) is 0 Å². The molecule has 2 N–H and O–H groups in total. The number of phenols is 1. The van der Waals surface area contributed by atoms with Gasteiger partial charge in [-0.1, -0.05) is 18.2 Å². The van der Waals surface area contributed by atoms with E-state index in [2.05, 4.69) is 12.2 Å². The second-order valence-corrected chi connectivity index (χ2v) is 4.83. The summed E-state index contributed by atoms with van der Waals surface area (Å²) in [5.41, 5.74) is 1.07. The third-order valence-corrected chi connectivity index (χ3v) is 3.31. The lowest BCUT2D eigenvalue weighted by Gasteiger charge is -2.23. The maximum atomic E-state index is 9.81. The molecule has 1 saturated heterocycles. The normalized spacial score (nSPS) is 29.5. The predicted octanol–water partition coefficient (Wildman–Crippen LogP) is 1.87. The zero-order chi connectivity index (χ0) is 11.6. The molecule has 2 atom stereocenters. The minimum Gasteiger partial charge on any atom is -0.508 e. The fourth-order valence-electron chi connectivity index (χ4n) is 2.54. The number of para-hydroxylation sites is 1. The van der Waals surface area contributed by atoms with E-state index in [4.69, 9.17) is 4.74 Å². The quantitative estimate of drug-likeness (QED) is 0.818. The standard InChI is InChI=1S/C13H19NO2/c1-13(9-16-2)7-10(8-14-13)11-5-3-4-6-12(11)15/h3-6,10,14-15H,7-9H2,1-2H3. The van der Waals surface area contributed by atoms with Crippen LogP contribution in [0.2, 0.25) is 0 Å². The first-order valence-corrected chi connectivity index (χ1v) is 5.66. The summed E-state index contributed by atoms with van der Waals surface area (Å²) in [6.07, 6.45) is 0.998. The lowest BCUT2D eigenvalue weighted by atomic mass is 9.90. The van der Waals surface area contributed by atoms with Gasteiger partial charge in [0, 0.05) is 25.1 Å². The molecule has 0 amide bonds. The molecule has 0 bridgehead atoms. The summed E-state index contributed by atoms with van der Waals surface area (Å²) >= 11 is 0. The Morgan fingerprint density at radius 3 is 2.94 bits per heavy atom. The number of hydrogen-bond acceptors (Lipinski definition) is 3. The molecule has 1 aromatic carbocycles. The van der Waals surface area contributed by atoms with Crippen molar-refractivity contribution in [2.45, 2.75) is 24.8 Å². The number of phenolic OH excluding ortho intramolecular Hbond substituents is 1. The highest BCUT2D eigenvalue weighted by atomic mass is 16.5. The zero-order valence-corrected chi connectivity index (χ0v) is 9.86. The molecule has 0 aromatic heterocycles. The largest absolute Gasteiger partial charge is 0.508 e. The van der Waals surface area contributed by atoms with Gasteiger partial charge in [-0.2, -0.15) is 0 Å². The van der Waals surface area contributed by atoms with Gasteiger partial charge in [-0.05, 0) is 25.0 Å². The summed E-state index contributed by atoms with van der Waals surface area (Å²) in [4.78, 5) is 0. The van der Waals surface area contributed by atoms with Gasteiger partial charge in [0.2, 0.25) is 0 Å². The van der Waals surface area contributed by atoms with E-state index in [1.165, 1.54) is 0 Å². The van der Waals surface area contributed by atoms with Gasteiger partial charge < -0.3 is 15.2 Å². The molecular weight excluding hydrogens is 202 g/mol. The molecule has 0 radical (unpaired) electrons.